The van der Waals surface area contributed by atoms with Gasteiger partial charge in [0.15, 0.2) is 0 Å². The highest BCUT2D eigenvalue weighted by Crippen LogP contribution is 2.50. The van der Waals surface area contributed by atoms with Crippen LogP contribution in [0.4, 0.5) is 10.5 Å². The first-order valence-electron chi connectivity index (χ1n) is 10.6. The first-order chi connectivity index (χ1) is 14.8. The minimum Gasteiger partial charge on any atom is -0.496 e. The number of benzene rings is 3. The second-order valence-corrected chi connectivity index (χ2v) is 8.99. The number of amides is 1. The second kappa shape index (κ2) is 6.99. The number of anilines is 1. The third-order valence-electron chi connectivity index (χ3n) is 6.65. The number of methoxy groups -OCH3 is 1. The van der Waals surface area contributed by atoms with E-state index < -0.39 is 5.54 Å². The highest BCUT2D eigenvalue weighted by atomic mass is 16.6. The van der Waals surface area contributed by atoms with Crippen molar-refractivity contribution in [3.05, 3.63) is 58.7 Å². The van der Waals surface area contributed by atoms with Gasteiger partial charge in [-0.05, 0) is 66.8 Å². The Balaban J connectivity index is 1.95. The van der Waals surface area contributed by atoms with Gasteiger partial charge in [0.25, 0.3) is 0 Å². The lowest BCUT2D eigenvalue weighted by Gasteiger charge is -2.33. The highest BCUT2D eigenvalue weighted by Gasteiger charge is 2.44. The van der Waals surface area contributed by atoms with Gasteiger partial charge in [0, 0.05) is 11.1 Å². The molecule has 0 bridgehead atoms. The van der Waals surface area contributed by atoms with Crippen LogP contribution < -0.4 is 9.64 Å². The summed E-state index contributed by atoms with van der Waals surface area (Å²) in [5, 5.41) is 2.22. The van der Waals surface area contributed by atoms with Crippen molar-refractivity contribution in [1.29, 1.82) is 0 Å². The third-order valence-corrected chi connectivity index (χ3v) is 6.65. The van der Waals surface area contributed by atoms with E-state index in [-0.39, 0.29) is 6.09 Å². The number of carbonyl (C=O) groups is 1. The van der Waals surface area contributed by atoms with Gasteiger partial charge in [0.05, 0.1) is 31.5 Å². The fourth-order valence-electron chi connectivity index (χ4n) is 5.03. The van der Waals surface area contributed by atoms with Crippen molar-refractivity contribution in [3.8, 4) is 16.9 Å². The van der Waals surface area contributed by atoms with Crippen LogP contribution in [0.1, 0.15) is 36.1 Å². The van der Waals surface area contributed by atoms with Gasteiger partial charge in [0.1, 0.15) is 12.4 Å². The minimum absolute atomic E-state index is 0.313. The predicted octanol–water partition coefficient (Wildman–Crippen LogP) is 5.90. The minimum atomic E-state index is -0.464. The molecule has 0 saturated carbocycles. The summed E-state index contributed by atoms with van der Waals surface area (Å²) in [6.07, 6.45) is -0.313. The van der Waals surface area contributed by atoms with Gasteiger partial charge in [-0.15, -0.1) is 0 Å². The number of fused-ring (bicyclic) bond motifs is 2. The van der Waals surface area contributed by atoms with Gasteiger partial charge >= 0.3 is 6.09 Å². The molecule has 5 nitrogen and oxygen atoms in total. The van der Waals surface area contributed by atoms with E-state index in [0.717, 1.165) is 44.5 Å². The van der Waals surface area contributed by atoms with Crippen LogP contribution in [0.5, 0.6) is 5.75 Å². The zero-order valence-electron chi connectivity index (χ0n) is 18.7. The van der Waals surface area contributed by atoms with Crippen LogP contribution >= 0.6 is 0 Å². The van der Waals surface area contributed by atoms with Crippen LogP contribution in [0.25, 0.3) is 21.9 Å². The molecule has 1 saturated heterocycles. The molecule has 0 N–H and O–H groups in total. The Labute approximate surface area is 182 Å². The number of cyclic esters (lactones) is 1. The first kappa shape index (κ1) is 19.9. The zero-order chi connectivity index (χ0) is 21.9. The number of ether oxygens (including phenoxy) is 3. The van der Waals surface area contributed by atoms with Gasteiger partial charge in [-0.25, -0.2) is 4.79 Å². The fourth-order valence-corrected chi connectivity index (χ4v) is 5.03. The molecule has 0 aromatic heterocycles. The van der Waals surface area contributed by atoms with Gasteiger partial charge in [-0.1, -0.05) is 30.3 Å². The maximum atomic E-state index is 13.0. The number of hydrogen-bond donors (Lipinski definition) is 0. The second-order valence-electron chi connectivity index (χ2n) is 8.99. The summed E-state index contributed by atoms with van der Waals surface area (Å²) in [5.41, 5.74) is 7.01. The third kappa shape index (κ3) is 2.83. The molecule has 2 aliphatic heterocycles. The molecule has 160 valence electrons. The van der Waals surface area contributed by atoms with Crippen molar-refractivity contribution in [2.45, 2.75) is 46.4 Å². The molecule has 2 heterocycles. The molecule has 5 heteroatoms. The lowest BCUT2D eigenvalue weighted by atomic mass is 9.85. The molecular weight excluding hydrogens is 390 g/mol. The Morgan fingerprint density at radius 3 is 2.35 bits per heavy atom. The van der Waals surface area contributed by atoms with Crippen LogP contribution in [0.3, 0.4) is 0 Å². The van der Waals surface area contributed by atoms with Crippen LogP contribution in [0, 0.1) is 13.8 Å². The molecule has 0 radical (unpaired) electrons. The van der Waals surface area contributed by atoms with Crippen LogP contribution in [0.15, 0.2) is 36.4 Å². The number of hydrogen-bond acceptors (Lipinski definition) is 4. The maximum Gasteiger partial charge on any atom is 0.415 e. The van der Waals surface area contributed by atoms with Crippen molar-refractivity contribution in [2.24, 2.45) is 0 Å². The van der Waals surface area contributed by atoms with E-state index in [2.05, 4.69) is 32.0 Å². The highest BCUT2D eigenvalue weighted by molar-refractivity contribution is 6.07. The van der Waals surface area contributed by atoms with Crippen molar-refractivity contribution < 1.29 is 19.0 Å². The summed E-state index contributed by atoms with van der Waals surface area (Å²) in [6.45, 7) is 9.79. The lowest BCUT2D eigenvalue weighted by molar-refractivity contribution is 0.134. The van der Waals surface area contributed by atoms with Crippen LogP contribution in [-0.2, 0) is 22.7 Å². The fraction of sp³-hybridized carbons (Fsp3) is 0.346. The summed E-state index contributed by atoms with van der Waals surface area (Å²) in [6, 6.07) is 12.4. The molecule has 0 unspecified atom stereocenters. The van der Waals surface area contributed by atoms with Gasteiger partial charge in [-0.2, -0.15) is 0 Å². The summed E-state index contributed by atoms with van der Waals surface area (Å²) < 4.78 is 17.2. The average Bonchev–Trinajstić information content (AvgIpc) is 3.35. The van der Waals surface area contributed by atoms with E-state index in [1.807, 2.05) is 36.9 Å². The van der Waals surface area contributed by atoms with E-state index in [4.69, 9.17) is 14.2 Å². The number of carbonyl (C=O) groups excluding carboxylic acids is 1. The first-order valence-corrected chi connectivity index (χ1v) is 10.6. The molecule has 0 atom stereocenters. The summed E-state index contributed by atoms with van der Waals surface area (Å²) in [4.78, 5) is 14.8. The van der Waals surface area contributed by atoms with Gasteiger partial charge in [0.2, 0.25) is 0 Å². The molecule has 0 spiro atoms. The van der Waals surface area contributed by atoms with Crippen molar-refractivity contribution in [1.82, 2.24) is 0 Å². The van der Waals surface area contributed by atoms with E-state index in [0.29, 0.717) is 19.8 Å². The smallest absolute Gasteiger partial charge is 0.415 e. The SMILES string of the molecule is COc1ccc2ccccc2c1-c1c(C)c2c(c(C)c1N1C(=O)OCC1(C)C)COC2. The summed E-state index contributed by atoms with van der Waals surface area (Å²) >= 11 is 0. The van der Waals surface area contributed by atoms with Gasteiger partial charge < -0.3 is 14.2 Å². The monoisotopic (exact) mass is 417 g/mol. The molecular formula is C26H27NO4. The summed E-state index contributed by atoms with van der Waals surface area (Å²) in [7, 11) is 1.69. The van der Waals surface area contributed by atoms with Crippen molar-refractivity contribution >= 4 is 22.6 Å². The molecule has 1 amide bonds. The van der Waals surface area contributed by atoms with E-state index in [1.54, 1.807) is 7.11 Å². The normalized spacial score (nSPS) is 17.2. The van der Waals surface area contributed by atoms with E-state index in [1.165, 1.54) is 11.1 Å². The maximum absolute atomic E-state index is 13.0. The standard InChI is InChI=1S/C26H27NO4/c1-15-19-12-30-13-20(19)16(2)24(27-25(28)31-14-26(27,3)4)22(15)23-18-9-7-6-8-17(18)10-11-21(23)29-5/h6-11H,12-14H2,1-5H3. The summed E-state index contributed by atoms with van der Waals surface area (Å²) in [5.74, 6) is 0.784. The van der Waals surface area contributed by atoms with Crippen LogP contribution in [-0.4, -0.2) is 25.3 Å². The Morgan fingerprint density at radius 2 is 1.68 bits per heavy atom. The van der Waals surface area contributed by atoms with Crippen molar-refractivity contribution in [2.75, 3.05) is 18.6 Å². The lowest BCUT2D eigenvalue weighted by Crippen LogP contribution is -2.43. The molecule has 5 rings (SSSR count). The molecule has 1 fully saturated rings. The number of nitrogens with zero attached hydrogens (tertiary/aromatic N) is 1. The van der Waals surface area contributed by atoms with Crippen LogP contribution in [0.2, 0.25) is 0 Å². The Kier molecular flexibility index (Phi) is 4.48. The van der Waals surface area contributed by atoms with Crippen molar-refractivity contribution in [3.63, 3.8) is 0 Å². The molecule has 3 aromatic rings. The number of rotatable bonds is 3. The predicted molar refractivity (Wildman–Crippen MR) is 122 cm³/mol. The molecule has 2 aliphatic rings. The quantitative estimate of drug-likeness (QED) is 0.532. The molecule has 31 heavy (non-hydrogen) atoms. The average molecular weight is 418 g/mol. The Hall–Kier alpha value is -3.05. The topological polar surface area (TPSA) is 48.0 Å². The molecule has 3 aromatic carbocycles. The Morgan fingerprint density at radius 1 is 0.968 bits per heavy atom. The van der Waals surface area contributed by atoms with E-state index >= 15 is 0 Å². The zero-order valence-corrected chi connectivity index (χ0v) is 18.7. The van der Waals surface area contributed by atoms with Gasteiger partial charge in [-0.3, -0.25) is 4.90 Å². The Bertz CT molecular complexity index is 1230. The van der Waals surface area contributed by atoms with E-state index in [9.17, 15) is 4.79 Å². The molecule has 0 aliphatic carbocycles. The largest absolute Gasteiger partial charge is 0.496 e.